The summed E-state index contributed by atoms with van der Waals surface area (Å²) >= 11 is 0. The van der Waals surface area contributed by atoms with E-state index < -0.39 is 35.8 Å². The largest absolute Gasteiger partial charge is 0.462 e. The molecule has 38 heavy (non-hydrogen) atoms. The molecule has 0 saturated heterocycles. The number of nitrogens with zero attached hydrogens (tertiary/aromatic N) is 3. The zero-order valence-corrected chi connectivity index (χ0v) is 21.1. The van der Waals surface area contributed by atoms with E-state index in [1.807, 2.05) is 4.90 Å². The number of aryl methyl sites for hydroxylation is 1. The van der Waals surface area contributed by atoms with Crippen molar-refractivity contribution < 1.29 is 35.9 Å². The van der Waals surface area contributed by atoms with Crippen LogP contribution in [0.1, 0.15) is 38.4 Å². The van der Waals surface area contributed by atoms with E-state index in [2.05, 4.69) is 15.3 Å². The monoisotopic (exact) mass is 540 g/mol. The molecule has 0 fully saturated rings. The molecular weight excluding hydrogens is 514 g/mol. The molecule has 0 radical (unpaired) electrons. The van der Waals surface area contributed by atoms with E-state index in [1.54, 1.807) is 45.3 Å². The number of alkyl halides is 6. The van der Waals surface area contributed by atoms with Crippen LogP contribution in [0.4, 0.5) is 26.3 Å². The molecule has 0 saturated carbocycles. The summed E-state index contributed by atoms with van der Waals surface area (Å²) < 4.78 is 86.5. The summed E-state index contributed by atoms with van der Waals surface area (Å²) in [5.41, 5.74) is -1.86. The second-order valence-corrected chi connectivity index (χ2v) is 8.81. The lowest BCUT2D eigenvalue weighted by molar-refractivity contribution is -0.143. The van der Waals surface area contributed by atoms with E-state index in [4.69, 9.17) is 4.74 Å². The van der Waals surface area contributed by atoms with Crippen molar-refractivity contribution >= 4 is 5.91 Å². The normalized spacial score (nSPS) is 12.1. The van der Waals surface area contributed by atoms with E-state index in [9.17, 15) is 31.1 Å². The maximum atomic E-state index is 13.5. The van der Waals surface area contributed by atoms with Gasteiger partial charge < -0.3 is 15.0 Å². The fourth-order valence-electron chi connectivity index (χ4n) is 3.73. The number of aromatic nitrogens is 2. The van der Waals surface area contributed by atoms with Crippen LogP contribution >= 0.6 is 0 Å². The molecular formula is C26H26F6N4O2. The fraction of sp³-hybridized carbons (Fsp3) is 0.346. The first kappa shape index (κ1) is 28.9. The van der Waals surface area contributed by atoms with Gasteiger partial charge in [0.1, 0.15) is 12.3 Å². The van der Waals surface area contributed by atoms with Crippen LogP contribution in [0.5, 0.6) is 6.01 Å². The Bertz CT molecular complexity index is 1270. The lowest BCUT2D eigenvalue weighted by Crippen LogP contribution is -2.24. The highest BCUT2D eigenvalue weighted by atomic mass is 19.4. The van der Waals surface area contributed by atoms with Gasteiger partial charge in [0, 0.05) is 25.6 Å². The highest BCUT2D eigenvalue weighted by molar-refractivity contribution is 6.00. The second-order valence-electron chi connectivity index (χ2n) is 8.81. The Morgan fingerprint density at radius 3 is 2.11 bits per heavy atom. The molecule has 0 aliphatic rings. The van der Waals surface area contributed by atoms with E-state index in [1.165, 1.54) is 7.05 Å². The van der Waals surface area contributed by atoms with Gasteiger partial charge in [0.2, 0.25) is 0 Å². The van der Waals surface area contributed by atoms with Crippen molar-refractivity contribution in [3.63, 3.8) is 0 Å². The molecule has 2 aromatic carbocycles. The summed E-state index contributed by atoms with van der Waals surface area (Å²) in [6.07, 6.45) is -10.5. The molecule has 12 heteroatoms. The molecule has 1 amide bonds. The number of carbonyl (C=O) groups excluding carboxylic acids is 1. The number of hydrogen-bond acceptors (Lipinski definition) is 5. The topological polar surface area (TPSA) is 67.3 Å². The number of likely N-dealkylation sites (N-methyl/N-ethyl adjacent to an activating group) is 1. The first-order valence-electron chi connectivity index (χ1n) is 11.5. The summed E-state index contributed by atoms with van der Waals surface area (Å²) in [6.45, 7) is 2.35. The van der Waals surface area contributed by atoms with Crippen LogP contribution in [-0.4, -0.2) is 55.1 Å². The molecule has 0 spiro atoms. The molecule has 3 aromatic rings. The van der Waals surface area contributed by atoms with Crippen LogP contribution in [0.2, 0.25) is 0 Å². The lowest BCUT2D eigenvalue weighted by atomic mass is 9.93. The highest BCUT2D eigenvalue weighted by Gasteiger charge is 2.37. The third-order valence-electron chi connectivity index (χ3n) is 5.61. The van der Waals surface area contributed by atoms with Gasteiger partial charge in [-0.3, -0.25) is 4.79 Å². The molecule has 0 atom stereocenters. The van der Waals surface area contributed by atoms with Crippen molar-refractivity contribution in [1.82, 2.24) is 20.2 Å². The van der Waals surface area contributed by atoms with Gasteiger partial charge >= 0.3 is 18.4 Å². The van der Waals surface area contributed by atoms with Gasteiger partial charge in [-0.25, -0.2) is 0 Å². The van der Waals surface area contributed by atoms with Crippen molar-refractivity contribution in [3.8, 4) is 17.1 Å². The fourth-order valence-corrected chi connectivity index (χ4v) is 3.73. The zero-order valence-electron chi connectivity index (χ0n) is 21.1. The van der Waals surface area contributed by atoms with Crippen molar-refractivity contribution in [2.24, 2.45) is 0 Å². The standard InChI is InChI=1S/C26H26F6N4O2/c1-15-7-5-6-8-19(15)21-20(34-24(38-10-9-36(3)4)35-22(21)23(37)33-2)13-16-11-17(25(27,28)29)14-18(12-16)26(30,31)32/h5-8,11-12,14H,9-10,13H2,1-4H3,(H,33,37). The van der Waals surface area contributed by atoms with Crippen LogP contribution in [-0.2, 0) is 18.8 Å². The molecule has 6 nitrogen and oxygen atoms in total. The van der Waals surface area contributed by atoms with Gasteiger partial charge in [0.15, 0.2) is 0 Å². The molecule has 3 rings (SSSR count). The summed E-state index contributed by atoms with van der Waals surface area (Å²) in [7, 11) is 4.98. The lowest BCUT2D eigenvalue weighted by Gasteiger charge is -2.18. The van der Waals surface area contributed by atoms with Crippen LogP contribution in [0.3, 0.4) is 0 Å². The average Bonchev–Trinajstić information content (AvgIpc) is 2.82. The van der Waals surface area contributed by atoms with Crippen LogP contribution in [0.15, 0.2) is 42.5 Å². The van der Waals surface area contributed by atoms with Gasteiger partial charge in [-0.2, -0.15) is 36.3 Å². The minimum absolute atomic E-state index is 0.0419. The molecule has 0 aliphatic carbocycles. The number of halogens is 6. The number of amides is 1. The van der Waals surface area contributed by atoms with Gasteiger partial charge in [-0.05, 0) is 55.9 Å². The Kier molecular flexibility index (Phi) is 8.65. The third-order valence-corrected chi connectivity index (χ3v) is 5.61. The Hall–Kier alpha value is -3.67. The number of carbonyl (C=O) groups is 1. The molecule has 1 N–H and O–H groups in total. The molecule has 0 bridgehead atoms. The first-order valence-corrected chi connectivity index (χ1v) is 11.5. The summed E-state index contributed by atoms with van der Waals surface area (Å²) in [6, 6.07) is 7.99. The molecule has 0 unspecified atom stereocenters. The molecule has 204 valence electrons. The first-order chi connectivity index (χ1) is 17.7. The summed E-state index contributed by atoms with van der Waals surface area (Å²) in [4.78, 5) is 23.3. The number of rotatable bonds is 8. The maximum Gasteiger partial charge on any atom is 0.416 e. The van der Waals surface area contributed by atoms with Gasteiger partial charge in [-0.1, -0.05) is 24.3 Å². The minimum Gasteiger partial charge on any atom is -0.462 e. The second kappa shape index (κ2) is 11.4. The van der Waals surface area contributed by atoms with Crippen molar-refractivity contribution in [1.29, 1.82) is 0 Å². The quantitative estimate of drug-likeness (QED) is 0.389. The van der Waals surface area contributed by atoms with Crippen LogP contribution < -0.4 is 10.1 Å². The van der Waals surface area contributed by atoms with E-state index in [0.717, 1.165) is 0 Å². The van der Waals surface area contributed by atoms with E-state index in [0.29, 0.717) is 29.8 Å². The Labute approximate surface area is 215 Å². The van der Waals surface area contributed by atoms with Crippen LogP contribution in [0.25, 0.3) is 11.1 Å². The van der Waals surface area contributed by atoms with Gasteiger partial charge in [0.05, 0.1) is 16.8 Å². The van der Waals surface area contributed by atoms with E-state index in [-0.39, 0.29) is 41.2 Å². The number of nitrogens with one attached hydrogen (secondary N) is 1. The van der Waals surface area contributed by atoms with E-state index >= 15 is 0 Å². The summed E-state index contributed by atoms with van der Waals surface area (Å²) in [5, 5.41) is 2.47. The smallest absolute Gasteiger partial charge is 0.416 e. The minimum atomic E-state index is -5.01. The average molecular weight is 541 g/mol. The van der Waals surface area contributed by atoms with Gasteiger partial charge in [0.25, 0.3) is 5.91 Å². The third kappa shape index (κ3) is 7.00. The Balaban J connectivity index is 2.27. The Morgan fingerprint density at radius 2 is 1.58 bits per heavy atom. The van der Waals surface area contributed by atoms with Crippen molar-refractivity contribution in [2.45, 2.75) is 25.7 Å². The van der Waals surface area contributed by atoms with Crippen molar-refractivity contribution in [3.05, 3.63) is 76.1 Å². The highest BCUT2D eigenvalue weighted by Crippen LogP contribution is 2.38. The Morgan fingerprint density at radius 1 is 0.974 bits per heavy atom. The van der Waals surface area contributed by atoms with Crippen molar-refractivity contribution in [2.75, 3.05) is 34.3 Å². The predicted molar refractivity (Wildman–Crippen MR) is 129 cm³/mol. The van der Waals surface area contributed by atoms with Crippen LogP contribution in [0, 0.1) is 6.92 Å². The summed E-state index contributed by atoms with van der Waals surface area (Å²) in [5.74, 6) is -0.621. The predicted octanol–water partition coefficient (Wildman–Crippen LogP) is 5.38. The number of hydrogen-bond donors (Lipinski definition) is 1. The zero-order chi connectivity index (χ0) is 28.3. The SMILES string of the molecule is CNC(=O)c1nc(OCCN(C)C)nc(Cc2cc(C(F)(F)F)cc(C(F)(F)F)c2)c1-c1ccccc1C. The molecule has 1 heterocycles. The van der Waals surface area contributed by atoms with Gasteiger partial charge in [-0.15, -0.1) is 0 Å². The molecule has 1 aromatic heterocycles. The maximum absolute atomic E-state index is 13.5. The number of ether oxygens (including phenoxy) is 1. The number of benzene rings is 2. The molecule has 0 aliphatic heterocycles.